The summed E-state index contributed by atoms with van der Waals surface area (Å²) in [6.07, 6.45) is 8.88. The topological polar surface area (TPSA) is 38.7 Å². The van der Waals surface area contributed by atoms with Gasteiger partial charge in [-0.3, -0.25) is 0 Å². The summed E-state index contributed by atoms with van der Waals surface area (Å²) in [6, 6.07) is 51.5. The third-order valence-corrected chi connectivity index (χ3v) is 10.1. The van der Waals surface area contributed by atoms with Crippen molar-refractivity contribution in [2.24, 2.45) is 0 Å². The molecule has 234 valence electrons. The number of rotatable bonds is 5. The van der Waals surface area contributed by atoms with E-state index >= 15 is 0 Å². The van der Waals surface area contributed by atoms with Crippen LogP contribution in [-0.2, 0) is 0 Å². The van der Waals surface area contributed by atoms with Gasteiger partial charge in [0, 0.05) is 16.7 Å². The zero-order valence-electron chi connectivity index (χ0n) is 27.3. The number of aromatic nitrogens is 3. The van der Waals surface area contributed by atoms with Gasteiger partial charge in [0.25, 0.3) is 0 Å². The van der Waals surface area contributed by atoms with Crippen LogP contribution in [0.3, 0.4) is 0 Å². The number of allylic oxidation sites excluding steroid dienone is 4. The maximum atomic E-state index is 5.14. The lowest BCUT2D eigenvalue weighted by atomic mass is 9.81. The Hall–Kier alpha value is -6.45. The van der Waals surface area contributed by atoms with E-state index < -0.39 is 0 Å². The Kier molecular flexibility index (Phi) is 6.63. The van der Waals surface area contributed by atoms with E-state index in [1.165, 1.54) is 60.7 Å². The molecule has 7 aromatic carbocycles. The molecule has 0 atom stereocenters. The fraction of sp³-hybridized carbons (Fsp3) is 0.0426. The second-order valence-corrected chi connectivity index (χ2v) is 13.0. The molecule has 0 bridgehead atoms. The molecule has 1 aromatic heterocycles. The van der Waals surface area contributed by atoms with Crippen LogP contribution in [0.25, 0.3) is 94.7 Å². The summed E-state index contributed by atoms with van der Waals surface area (Å²) in [7, 11) is 0. The third-order valence-electron chi connectivity index (χ3n) is 10.1. The molecule has 0 radical (unpaired) electrons. The molecule has 3 nitrogen and oxygen atoms in total. The SMILES string of the molecule is C1=CCCC(c2c3c(c(-c4ccccc4)c4ccccc24)-c2ccc(-c4nc(-c5ccccc5)nc(-c5ccccc5)n4)c4cccc-3c24)=C1. The lowest BCUT2D eigenvalue weighted by Gasteiger charge is -2.22. The van der Waals surface area contributed by atoms with Gasteiger partial charge in [0.05, 0.1) is 0 Å². The standard InChI is InChI=1S/C47H31N3/c1-5-16-30(17-6-1)40-34-24-13-14-25-35(34)41(31-18-7-2-8-19-31)44-39-29-28-37(36-26-15-27-38(42(36)39)43(40)44)47-49-45(32-20-9-3-10-21-32)48-46(50-47)33-22-11-4-12-23-33/h1-5,7-16,18-29H,6,17H2. The summed E-state index contributed by atoms with van der Waals surface area (Å²) < 4.78 is 0. The molecule has 8 aromatic rings. The highest BCUT2D eigenvalue weighted by atomic mass is 15.0. The molecule has 0 fully saturated rings. The summed E-state index contributed by atoms with van der Waals surface area (Å²) in [4.78, 5) is 15.2. The van der Waals surface area contributed by atoms with Crippen LogP contribution in [0.5, 0.6) is 0 Å². The zero-order chi connectivity index (χ0) is 33.0. The van der Waals surface area contributed by atoms with Gasteiger partial charge in [-0.25, -0.2) is 15.0 Å². The third kappa shape index (κ3) is 4.48. The van der Waals surface area contributed by atoms with Crippen LogP contribution in [0.1, 0.15) is 18.4 Å². The van der Waals surface area contributed by atoms with E-state index in [1.807, 2.05) is 36.4 Å². The van der Waals surface area contributed by atoms with E-state index in [-0.39, 0.29) is 0 Å². The zero-order valence-corrected chi connectivity index (χ0v) is 27.3. The molecule has 0 amide bonds. The first-order valence-electron chi connectivity index (χ1n) is 17.3. The second-order valence-electron chi connectivity index (χ2n) is 13.0. The summed E-state index contributed by atoms with van der Waals surface area (Å²) in [5.74, 6) is 2.00. The largest absolute Gasteiger partial charge is 0.208 e. The average molecular weight is 638 g/mol. The van der Waals surface area contributed by atoms with E-state index in [2.05, 4.69) is 127 Å². The Morgan fingerprint density at radius 2 is 0.900 bits per heavy atom. The molecule has 1 heterocycles. The Morgan fingerprint density at radius 1 is 0.380 bits per heavy atom. The minimum atomic E-state index is 0.665. The lowest BCUT2D eigenvalue weighted by molar-refractivity contribution is 1.06. The van der Waals surface area contributed by atoms with Gasteiger partial charge in [0.1, 0.15) is 0 Å². The van der Waals surface area contributed by atoms with Crippen molar-refractivity contribution in [2.75, 3.05) is 0 Å². The van der Waals surface area contributed by atoms with Gasteiger partial charge in [0.15, 0.2) is 17.5 Å². The average Bonchev–Trinajstić information content (AvgIpc) is 3.53. The number of nitrogens with zero attached hydrogens (tertiary/aromatic N) is 3. The van der Waals surface area contributed by atoms with Crippen molar-refractivity contribution in [2.45, 2.75) is 12.8 Å². The highest BCUT2D eigenvalue weighted by molar-refractivity contribution is 6.27. The summed E-state index contributed by atoms with van der Waals surface area (Å²) in [5, 5.41) is 4.98. The smallest absolute Gasteiger partial charge is 0.164 e. The summed E-state index contributed by atoms with van der Waals surface area (Å²) in [5.41, 5.74) is 13.3. The second kappa shape index (κ2) is 11.6. The molecule has 0 aliphatic heterocycles. The highest BCUT2D eigenvalue weighted by Gasteiger charge is 2.32. The van der Waals surface area contributed by atoms with Crippen LogP contribution in [0, 0.1) is 0 Å². The first-order valence-corrected chi connectivity index (χ1v) is 17.3. The summed E-state index contributed by atoms with van der Waals surface area (Å²) in [6.45, 7) is 0. The van der Waals surface area contributed by atoms with E-state index in [4.69, 9.17) is 15.0 Å². The maximum absolute atomic E-state index is 5.14. The number of benzene rings is 7. The Labute approximate surface area is 291 Å². The predicted octanol–water partition coefficient (Wildman–Crippen LogP) is 12.2. The Balaban J connectivity index is 1.29. The highest BCUT2D eigenvalue weighted by Crippen LogP contribution is 2.57. The molecule has 3 heteroatoms. The maximum Gasteiger partial charge on any atom is 0.164 e. The molecular formula is C47H31N3. The molecule has 0 N–H and O–H groups in total. The van der Waals surface area contributed by atoms with Crippen molar-refractivity contribution >= 4 is 27.1 Å². The lowest BCUT2D eigenvalue weighted by Crippen LogP contribution is -2.00. The molecule has 0 saturated carbocycles. The van der Waals surface area contributed by atoms with Gasteiger partial charge in [-0.15, -0.1) is 0 Å². The van der Waals surface area contributed by atoms with Crippen molar-refractivity contribution in [3.05, 3.63) is 169 Å². The normalized spacial score (nSPS) is 13.1. The molecule has 0 unspecified atom stereocenters. The van der Waals surface area contributed by atoms with Crippen molar-refractivity contribution in [1.82, 2.24) is 15.0 Å². The molecular weight excluding hydrogens is 607 g/mol. The number of hydrogen-bond donors (Lipinski definition) is 0. The number of hydrogen-bond acceptors (Lipinski definition) is 3. The van der Waals surface area contributed by atoms with Crippen LogP contribution in [0.2, 0.25) is 0 Å². The molecule has 10 rings (SSSR count). The molecule has 2 aliphatic rings. The predicted molar refractivity (Wildman–Crippen MR) is 207 cm³/mol. The van der Waals surface area contributed by atoms with Crippen LogP contribution in [-0.4, -0.2) is 15.0 Å². The first kappa shape index (κ1) is 28.6. The fourth-order valence-electron chi connectivity index (χ4n) is 7.97. The van der Waals surface area contributed by atoms with Crippen molar-refractivity contribution in [3.63, 3.8) is 0 Å². The van der Waals surface area contributed by atoms with Crippen LogP contribution < -0.4 is 0 Å². The van der Waals surface area contributed by atoms with E-state index in [9.17, 15) is 0 Å². The molecule has 0 saturated heterocycles. The van der Waals surface area contributed by atoms with Crippen molar-refractivity contribution in [1.29, 1.82) is 0 Å². The van der Waals surface area contributed by atoms with Gasteiger partial charge < -0.3 is 0 Å². The van der Waals surface area contributed by atoms with Gasteiger partial charge in [0.2, 0.25) is 0 Å². The summed E-state index contributed by atoms with van der Waals surface area (Å²) >= 11 is 0. The van der Waals surface area contributed by atoms with Gasteiger partial charge in [-0.1, -0.05) is 158 Å². The van der Waals surface area contributed by atoms with E-state index in [1.54, 1.807) is 0 Å². The quantitative estimate of drug-likeness (QED) is 0.188. The molecule has 0 spiro atoms. The van der Waals surface area contributed by atoms with Crippen molar-refractivity contribution < 1.29 is 0 Å². The molecule has 50 heavy (non-hydrogen) atoms. The Bertz CT molecular complexity index is 2620. The van der Waals surface area contributed by atoms with Crippen LogP contribution >= 0.6 is 0 Å². The van der Waals surface area contributed by atoms with Crippen LogP contribution in [0.4, 0.5) is 0 Å². The Morgan fingerprint density at radius 3 is 1.54 bits per heavy atom. The van der Waals surface area contributed by atoms with Crippen molar-refractivity contribution in [3.8, 4) is 67.5 Å². The minimum Gasteiger partial charge on any atom is -0.208 e. The van der Waals surface area contributed by atoms with E-state index in [0.717, 1.165) is 34.9 Å². The molecule has 2 aliphatic carbocycles. The van der Waals surface area contributed by atoms with Gasteiger partial charge in [-0.05, 0) is 85.0 Å². The van der Waals surface area contributed by atoms with Gasteiger partial charge in [-0.2, -0.15) is 0 Å². The van der Waals surface area contributed by atoms with E-state index in [0.29, 0.717) is 17.5 Å². The minimum absolute atomic E-state index is 0.665. The number of fused-ring (bicyclic) bond motifs is 4. The van der Waals surface area contributed by atoms with Crippen LogP contribution in [0.15, 0.2) is 164 Å². The first-order chi connectivity index (χ1) is 24.8. The monoisotopic (exact) mass is 637 g/mol. The van der Waals surface area contributed by atoms with Gasteiger partial charge >= 0.3 is 0 Å². The fourth-order valence-corrected chi connectivity index (χ4v) is 7.97.